The summed E-state index contributed by atoms with van der Waals surface area (Å²) in [5.41, 5.74) is 1.10. The second kappa shape index (κ2) is 7.83. The maximum Gasteiger partial charge on any atom is 0.296 e. The van der Waals surface area contributed by atoms with E-state index in [9.17, 15) is 14.9 Å². The molecule has 0 radical (unpaired) electrons. The molecule has 0 aliphatic rings. The molecule has 7 heteroatoms. The number of benzene rings is 2. The van der Waals surface area contributed by atoms with Gasteiger partial charge in [-0.3, -0.25) is 14.9 Å². The maximum absolute atomic E-state index is 12.3. The van der Waals surface area contributed by atoms with E-state index in [2.05, 4.69) is 5.32 Å². The number of amides is 1. The van der Waals surface area contributed by atoms with E-state index in [0.29, 0.717) is 5.75 Å². The maximum atomic E-state index is 12.3. The minimum atomic E-state index is -0.546. The van der Waals surface area contributed by atoms with E-state index in [4.69, 9.17) is 4.74 Å². The summed E-state index contributed by atoms with van der Waals surface area (Å²) in [6, 6.07) is 12.2. The van der Waals surface area contributed by atoms with Crippen LogP contribution in [-0.4, -0.2) is 23.2 Å². The molecule has 0 saturated heterocycles. The number of nitro benzene ring substituents is 1. The molecule has 24 heavy (non-hydrogen) atoms. The highest BCUT2D eigenvalue weighted by atomic mass is 32.2. The number of nitrogens with zero attached hydrogens (tertiary/aromatic N) is 1. The lowest BCUT2D eigenvalue weighted by Gasteiger charge is -2.13. The molecule has 0 unspecified atom stereocenters. The summed E-state index contributed by atoms with van der Waals surface area (Å²) < 4.78 is 4.98. The number of methoxy groups -OCH3 is 1. The fourth-order valence-corrected chi connectivity index (χ4v) is 2.87. The third kappa shape index (κ3) is 4.48. The van der Waals surface area contributed by atoms with Crippen molar-refractivity contribution in [3.8, 4) is 5.75 Å². The molecule has 1 amide bonds. The number of hydrogen-bond acceptors (Lipinski definition) is 5. The Kier molecular flexibility index (Phi) is 5.81. The Morgan fingerprint density at radius 3 is 2.50 bits per heavy atom. The number of carbonyl (C=O) groups excluding carboxylic acids is 1. The Balaban J connectivity index is 2.11. The van der Waals surface area contributed by atoms with Crippen LogP contribution in [0.15, 0.2) is 47.4 Å². The summed E-state index contributed by atoms with van der Waals surface area (Å²) in [6.45, 7) is 3.75. The number of anilines is 1. The van der Waals surface area contributed by atoms with E-state index >= 15 is 0 Å². The highest BCUT2D eigenvalue weighted by Crippen LogP contribution is 2.30. The summed E-state index contributed by atoms with van der Waals surface area (Å²) in [6.07, 6.45) is 0. The number of ether oxygens (including phenoxy) is 1. The van der Waals surface area contributed by atoms with Crippen LogP contribution in [0.2, 0.25) is 0 Å². The lowest BCUT2D eigenvalue weighted by atomic mass is 10.2. The van der Waals surface area contributed by atoms with E-state index < -0.39 is 10.2 Å². The average molecular weight is 346 g/mol. The van der Waals surface area contributed by atoms with Gasteiger partial charge in [0.1, 0.15) is 11.4 Å². The van der Waals surface area contributed by atoms with E-state index in [0.717, 1.165) is 10.5 Å². The molecule has 0 spiro atoms. The molecule has 6 nitrogen and oxygen atoms in total. The Bertz CT molecular complexity index is 747. The Labute approximate surface area is 144 Å². The number of aryl methyl sites for hydroxylation is 1. The van der Waals surface area contributed by atoms with Crippen molar-refractivity contribution in [2.45, 2.75) is 24.0 Å². The van der Waals surface area contributed by atoms with E-state index in [1.807, 2.05) is 31.2 Å². The molecule has 0 aliphatic carbocycles. The highest BCUT2D eigenvalue weighted by molar-refractivity contribution is 8.00. The number of nitrogens with one attached hydrogen (secondary N) is 1. The molecule has 0 heterocycles. The van der Waals surface area contributed by atoms with Crippen molar-refractivity contribution in [2.75, 3.05) is 12.4 Å². The molecule has 1 N–H and O–H groups in total. The van der Waals surface area contributed by atoms with Crippen LogP contribution in [0.4, 0.5) is 11.4 Å². The molecule has 126 valence electrons. The predicted molar refractivity (Wildman–Crippen MR) is 94.8 cm³/mol. The largest absolute Gasteiger partial charge is 0.496 e. The molecule has 1 atom stereocenters. The van der Waals surface area contributed by atoms with Gasteiger partial charge in [-0.05, 0) is 38.1 Å². The lowest BCUT2D eigenvalue weighted by Crippen LogP contribution is -2.22. The van der Waals surface area contributed by atoms with E-state index in [-0.39, 0.29) is 17.3 Å². The van der Waals surface area contributed by atoms with Crippen LogP contribution < -0.4 is 10.1 Å². The zero-order valence-electron chi connectivity index (χ0n) is 13.6. The molecule has 0 fully saturated rings. The SMILES string of the molecule is COc1ccc(NC(=O)[C@@H](C)Sc2ccc(C)cc2)c([N+](=O)[O-])c1. The smallest absolute Gasteiger partial charge is 0.296 e. The Morgan fingerprint density at radius 2 is 1.92 bits per heavy atom. The number of nitro groups is 1. The zero-order chi connectivity index (χ0) is 17.7. The van der Waals surface area contributed by atoms with E-state index in [1.165, 1.54) is 31.0 Å². The first-order valence-corrected chi connectivity index (χ1v) is 8.15. The summed E-state index contributed by atoms with van der Waals surface area (Å²) in [7, 11) is 1.43. The third-order valence-corrected chi connectivity index (χ3v) is 4.47. The summed E-state index contributed by atoms with van der Waals surface area (Å²) in [5.74, 6) is 0.0654. The van der Waals surface area contributed by atoms with Crippen molar-refractivity contribution >= 4 is 29.0 Å². The van der Waals surface area contributed by atoms with Crippen LogP contribution in [0.1, 0.15) is 12.5 Å². The van der Waals surface area contributed by atoms with Crippen LogP contribution in [-0.2, 0) is 4.79 Å². The molecule has 2 rings (SSSR count). The molecule has 2 aromatic rings. The topological polar surface area (TPSA) is 81.5 Å². The minimum absolute atomic E-state index is 0.155. The van der Waals surface area contributed by atoms with Gasteiger partial charge in [0.25, 0.3) is 5.69 Å². The van der Waals surface area contributed by atoms with Crippen LogP contribution >= 0.6 is 11.8 Å². The van der Waals surface area contributed by atoms with Gasteiger partial charge in [0.05, 0.1) is 23.3 Å². The summed E-state index contributed by atoms with van der Waals surface area (Å²) in [5, 5.41) is 13.4. The van der Waals surface area contributed by atoms with Gasteiger partial charge >= 0.3 is 0 Å². The molecular weight excluding hydrogens is 328 g/mol. The monoisotopic (exact) mass is 346 g/mol. The molecule has 2 aromatic carbocycles. The zero-order valence-corrected chi connectivity index (χ0v) is 14.4. The second-order valence-electron chi connectivity index (χ2n) is 5.20. The van der Waals surface area contributed by atoms with Gasteiger partial charge in [-0.1, -0.05) is 17.7 Å². The minimum Gasteiger partial charge on any atom is -0.496 e. The van der Waals surface area contributed by atoms with Crippen molar-refractivity contribution in [2.24, 2.45) is 0 Å². The van der Waals surface area contributed by atoms with Crippen molar-refractivity contribution in [3.05, 3.63) is 58.1 Å². The third-order valence-electron chi connectivity index (χ3n) is 3.36. The molecular formula is C17H18N2O4S. The predicted octanol–water partition coefficient (Wildman–Crippen LogP) is 4.03. The van der Waals surface area contributed by atoms with Gasteiger partial charge in [0.2, 0.25) is 5.91 Å². The Morgan fingerprint density at radius 1 is 1.25 bits per heavy atom. The quantitative estimate of drug-likeness (QED) is 0.485. The van der Waals surface area contributed by atoms with Crippen molar-refractivity contribution in [3.63, 3.8) is 0 Å². The summed E-state index contributed by atoms with van der Waals surface area (Å²) in [4.78, 5) is 23.9. The first kappa shape index (κ1) is 17.8. The van der Waals surface area contributed by atoms with Crippen molar-refractivity contribution < 1.29 is 14.5 Å². The highest BCUT2D eigenvalue weighted by Gasteiger charge is 2.20. The van der Waals surface area contributed by atoms with Gasteiger partial charge in [-0.25, -0.2) is 0 Å². The fourth-order valence-electron chi connectivity index (χ4n) is 2.00. The molecule has 0 saturated carbocycles. The lowest BCUT2D eigenvalue weighted by molar-refractivity contribution is -0.384. The number of thioether (sulfide) groups is 1. The normalized spacial score (nSPS) is 11.6. The van der Waals surface area contributed by atoms with Gasteiger partial charge in [0, 0.05) is 4.90 Å². The standard InChI is InChI=1S/C17H18N2O4S/c1-11-4-7-14(8-5-11)24-12(2)17(20)18-15-9-6-13(23-3)10-16(15)19(21)22/h4-10,12H,1-3H3,(H,18,20)/t12-/m1/s1. The van der Waals surface area contributed by atoms with Crippen LogP contribution in [0.25, 0.3) is 0 Å². The molecule has 0 aliphatic heterocycles. The summed E-state index contributed by atoms with van der Waals surface area (Å²) >= 11 is 1.39. The van der Waals surface area contributed by atoms with E-state index in [1.54, 1.807) is 13.0 Å². The molecule has 0 aromatic heterocycles. The van der Waals surface area contributed by atoms with Crippen LogP contribution in [0.3, 0.4) is 0 Å². The van der Waals surface area contributed by atoms with Crippen molar-refractivity contribution in [1.82, 2.24) is 0 Å². The number of rotatable bonds is 6. The van der Waals surface area contributed by atoms with Gasteiger partial charge in [-0.2, -0.15) is 0 Å². The molecule has 0 bridgehead atoms. The first-order valence-electron chi connectivity index (χ1n) is 7.27. The van der Waals surface area contributed by atoms with Crippen LogP contribution in [0.5, 0.6) is 5.75 Å². The van der Waals surface area contributed by atoms with Gasteiger partial charge < -0.3 is 10.1 Å². The Hall–Kier alpha value is -2.54. The van der Waals surface area contributed by atoms with Gasteiger partial charge in [0.15, 0.2) is 0 Å². The van der Waals surface area contributed by atoms with Crippen LogP contribution in [0, 0.1) is 17.0 Å². The number of carbonyl (C=O) groups is 1. The number of hydrogen-bond donors (Lipinski definition) is 1. The average Bonchev–Trinajstić information content (AvgIpc) is 2.57. The fraction of sp³-hybridized carbons (Fsp3) is 0.235. The second-order valence-corrected chi connectivity index (χ2v) is 6.62. The van der Waals surface area contributed by atoms with Crippen molar-refractivity contribution in [1.29, 1.82) is 0 Å². The van der Waals surface area contributed by atoms with Gasteiger partial charge in [-0.15, -0.1) is 11.8 Å². The first-order chi connectivity index (χ1) is 11.4.